The standard InChI is InChI=1S/C16H22N2O3/c1-3-7-16(2,17)15(21)18-8-6-11-4-5-12(14(19)20)9-13(11)10-18/h4-5,9H,3,6-8,10,17H2,1-2H3,(H,19,20). The fourth-order valence-electron chi connectivity index (χ4n) is 2.85. The molecule has 0 aliphatic carbocycles. The molecule has 0 spiro atoms. The molecule has 0 radical (unpaired) electrons. The third kappa shape index (κ3) is 3.24. The van der Waals surface area contributed by atoms with E-state index < -0.39 is 11.5 Å². The van der Waals surface area contributed by atoms with Crippen molar-refractivity contribution < 1.29 is 14.7 Å². The zero-order valence-corrected chi connectivity index (χ0v) is 12.6. The summed E-state index contributed by atoms with van der Waals surface area (Å²) < 4.78 is 0. The lowest BCUT2D eigenvalue weighted by molar-refractivity contribution is -0.137. The van der Waals surface area contributed by atoms with Crippen LogP contribution in [0.25, 0.3) is 0 Å². The van der Waals surface area contributed by atoms with Gasteiger partial charge in [0.05, 0.1) is 11.1 Å². The average Bonchev–Trinajstić information content (AvgIpc) is 2.45. The molecule has 1 aliphatic rings. The number of rotatable bonds is 4. The lowest BCUT2D eigenvalue weighted by Crippen LogP contribution is -2.54. The van der Waals surface area contributed by atoms with Gasteiger partial charge in [0.1, 0.15) is 0 Å². The van der Waals surface area contributed by atoms with Crippen molar-refractivity contribution in [2.75, 3.05) is 6.54 Å². The summed E-state index contributed by atoms with van der Waals surface area (Å²) in [5, 5.41) is 9.06. The highest BCUT2D eigenvalue weighted by atomic mass is 16.4. The summed E-state index contributed by atoms with van der Waals surface area (Å²) in [6.07, 6.45) is 2.24. The number of aromatic carboxylic acids is 1. The van der Waals surface area contributed by atoms with Crippen molar-refractivity contribution in [1.82, 2.24) is 4.90 Å². The Morgan fingerprint density at radius 1 is 1.38 bits per heavy atom. The van der Waals surface area contributed by atoms with E-state index in [9.17, 15) is 9.59 Å². The number of fused-ring (bicyclic) bond motifs is 1. The number of hydrogen-bond donors (Lipinski definition) is 2. The molecule has 114 valence electrons. The molecular weight excluding hydrogens is 268 g/mol. The van der Waals surface area contributed by atoms with Crippen LogP contribution < -0.4 is 5.73 Å². The summed E-state index contributed by atoms with van der Waals surface area (Å²) >= 11 is 0. The number of carboxylic acid groups (broad SMARTS) is 1. The molecule has 0 saturated carbocycles. The van der Waals surface area contributed by atoms with Gasteiger partial charge >= 0.3 is 5.97 Å². The van der Waals surface area contributed by atoms with Crippen molar-refractivity contribution in [2.24, 2.45) is 5.73 Å². The molecular formula is C16H22N2O3. The number of amides is 1. The van der Waals surface area contributed by atoms with Crippen LogP contribution in [-0.2, 0) is 17.8 Å². The Balaban J connectivity index is 2.20. The minimum absolute atomic E-state index is 0.0595. The number of hydrogen-bond acceptors (Lipinski definition) is 3. The minimum Gasteiger partial charge on any atom is -0.478 e. The predicted molar refractivity (Wildman–Crippen MR) is 80.0 cm³/mol. The summed E-state index contributed by atoms with van der Waals surface area (Å²) in [4.78, 5) is 25.3. The van der Waals surface area contributed by atoms with Gasteiger partial charge in [0.2, 0.25) is 5.91 Å². The maximum Gasteiger partial charge on any atom is 0.335 e. The van der Waals surface area contributed by atoms with Crippen molar-refractivity contribution >= 4 is 11.9 Å². The fourth-order valence-corrected chi connectivity index (χ4v) is 2.85. The zero-order chi connectivity index (χ0) is 15.6. The number of carbonyl (C=O) groups is 2. The molecule has 0 saturated heterocycles. The number of carbonyl (C=O) groups excluding carboxylic acids is 1. The molecule has 1 aromatic carbocycles. The van der Waals surface area contributed by atoms with Crippen LogP contribution in [0.3, 0.4) is 0 Å². The smallest absolute Gasteiger partial charge is 0.335 e. The third-order valence-electron chi connectivity index (χ3n) is 4.01. The summed E-state index contributed by atoms with van der Waals surface area (Å²) in [6.45, 7) is 4.84. The maximum atomic E-state index is 12.5. The van der Waals surface area contributed by atoms with E-state index in [-0.39, 0.29) is 11.5 Å². The van der Waals surface area contributed by atoms with Crippen LogP contribution in [0, 0.1) is 0 Å². The molecule has 1 amide bonds. The molecule has 1 aromatic rings. The van der Waals surface area contributed by atoms with Gasteiger partial charge in [0.15, 0.2) is 0 Å². The van der Waals surface area contributed by atoms with E-state index in [1.807, 2.05) is 13.0 Å². The summed E-state index contributed by atoms with van der Waals surface area (Å²) in [6, 6.07) is 5.11. The highest BCUT2D eigenvalue weighted by Gasteiger charge is 2.33. The van der Waals surface area contributed by atoms with Crippen LogP contribution in [0.15, 0.2) is 18.2 Å². The number of nitrogens with zero attached hydrogens (tertiary/aromatic N) is 1. The Morgan fingerprint density at radius 3 is 2.71 bits per heavy atom. The van der Waals surface area contributed by atoms with Crippen LogP contribution in [0.5, 0.6) is 0 Å². The van der Waals surface area contributed by atoms with Crippen LogP contribution >= 0.6 is 0 Å². The molecule has 1 unspecified atom stereocenters. The summed E-state index contributed by atoms with van der Waals surface area (Å²) in [7, 11) is 0. The number of benzene rings is 1. The lowest BCUT2D eigenvalue weighted by Gasteiger charge is -2.35. The zero-order valence-electron chi connectivity index (χ0n) is 12.6. The number of nitrogens with two attached hydrogens (primary N) is 1. The fraction of sp³-hybridized carbons (Fsp3) is 0.500. The number of carboxylic acids is 1. The molecule has 0 fully saturated rings. The van der Waals surface area contributed by atoms with Gasteiger partial charge in [-0.2, -0.15) is 0 Å². The van der Waals surface area contributed by atoms with Crippen LogP contribution in [0.1, 0.15) is 48.2 Å². The molecule has 1 atom stereocenters. The Bertz CT molecular complexity index is 567. The Hall–Kier alpha value is -1.88. The molecule has 1 heterocycles. The molecule has 3 N–H and O–H groups in total. The van der Waals surface area contributed by atoms with Gasteiger partial charge in [0.25, 0.3) is 0 Å². The van der Waals surface area contributed by atoms with E-state index in [1.165, 1.54) is 0 Å². The van der Waals surface area contributed by atoms with Crippen LogP contribution in [0.2, 0.25) is 0 Å². The van der Waals surface area contributed by atoms with Gasteiger partial charge < -0.3 is 15.7 Å². The first-order valence-corrected chi connectivity index (χ1v) is 7.28. The van der Waals surface area contributed by atoms with Crippen molar-refractivity contribution in [2.45, 2.75) is 45.2 Å². The molecule has 5 heteroatoms. The first-order chi connectivity index (χ1) is 9.85. The van der Waals surface area contributed by atoms with Crippen molar-refractivity contribution in [3.63, 3.8) is 0 Å². The average molecular weight is 290 g/mol. The van der Waals surface area contributed by atoms with Gasteiger partial charge in [-0.1, -0.05) is 19.4 Å². The van der Waals surface area contributed by atoms with Gasteiger partial charge in [-0.05, 0) is 43.0 Å². The largest absolute Gasteiger partial charge is 0.478 e. The van der Waals surface area contributed by atoms with E-state index >= 15 is 0 Å². The second kappa shape index (κ2) is 5.85. The van der Waals surface area contributed by atoms with E-state index in [4.69, 9.17) is 10.8 Å². The highest BCUT2D eigenvalue weighted by Crippen LogP contribution is 2.23. The molecule has 2 rings (SSSR count). The molecule has 1 aliphatic heterocycles. The van der Waals surface area contributed by atoms with Crippen LogP contribution in [-0.4, -0.2) is 34.0 Å². The Kier molecular flexibility index (Phi) is 4.32. The molecule has 5 nitrogen and oxygen atoms in total. The van der Waals surface area contributed by atoms with Crippen molar-refractivity contribution in [1.29, 1.82) is 0 Å². The quantitative estimate of drug-likeness (QED) is 0.885. The topological polar surface area (TPSA) is 83.6 Å². The van der Waals surface area contributed by atoms with E-state index in [0.29, 0.717) is 19.5 Å². The van der Waals surface area contributed by atoms with Gasteiger partial charge in [0, 0.05) is 13.1 Å². The summed E-state index contributed by atoms with van der Waals surface area (Å²) in [5.41, 5.74) is 7.53. The second-order valence-corrected chi connectivity index (χ2v) is 5.93. The van der Waals surface area contributed by atoms with Crippen molar-refractivity contribution in [3.05, 3.63) is 34.9 Å². The van der Waals surface area contributed by atoms with E-state index in [0.717, 1.165) is 24.0 Å². The third-order valence-corrected chi connectivity index (χ3v) is 4.01. The van der Waals surface area contributed by atoms with Gasteiger partial charge in [-0.15, -0.1) is 0 Å². The predicted octanol–water partition coefficient (Wildman–Crippen LogP) is 1.79. The summed E-state index contributed by atoms with van der Waals surface area (Å²) in [5.74, 6) is -1.01. The van der Waals surface area contributed by atoms with E-state index in [1.54, 1.807) is 24.0 Å². The Labute approximate surface area is 124 Å². The molecule has 0 aromatic heterocycles. The van der Waals surface area contributed by atoms with Gasteiger partial charge in [-0.25, -0.2) is 4.79 Å². The minimum atomic E-state index is -0.948. The van der Waals surface area contributed by atoms with Crippen LogP contribution in [0.4, 0.5) is 0 Å². The lowest BCUT2D eigenvalue weighted by atomic mass is 9.92. The SMILES string of the molecule is CCCC(C)(N)C(=O)N1CCc2ccc(C(=O)O)cc2C1. The van der Waals surface area contributed by atoms with Crippen molar-refractivity contribution in [3.8, 4) is 0 Å². The monoisotopic (exact) mass is 290 g/mol. The highest BCUT2D eigenvalue weighted by molar-refractivity contribution is 5.88. The maximum absolute atomic E-state index is 12.5. The first-order valence-electron chi connectivity index (χ1n) is 7.28. The Morgan fingerprint density at radius 2 is 2.10 bits per heavy atom. The normalized spacial score (nSPS) is 17.0. The van der Waals surface area contributed by atoms with Gasteiger partial charge in [-0.3, -0.25) is 4.79 Å². The molecule has 0 bridgehead atoms. The van der Waals surface area contributed by atoms with E-state index in [2.05, 4.69) is 0 Å². The molecule has 21 heavy (non-hydrogen) atoms. The second-order valence-electron chi connectivity index (χ2n) is 5.93. The first kappa shape index (κ1) is 15.5.